The van der Waals surface area contributed by atoms with Crippen LogP contribution in [0.1, 0.15) is 78.6 Å². The number of carbonyl (C=O) groups is 3. The van der Waals surface area contributed by atoms with E-state index in [2.05, 4.69) is 52.4 Å². The van der Waals surface area contributed by atoms with Crippen LogP contribution in [0.15, 0.2) is 47.7 Å². The van der Waals surface area contributed by atoms with Crippen LogP contribution in [-0.4, -0.2) is 127 Å². The maximum Gasteiger partial charge on any atom is 0.329 e. The minimum atomic E-state index is -2.86. The fourth-order valence-electron chi connectivity index (χ4n) is 9.13. The third-order valence-corrected chi connectivity index (χ3v) is 12.5. The number of carbonyl (C=O) groups excluding carboxylic acids is 3. The van der Waals surface area contributed by atoms with Crippen LogP contribution >= 0.6 is 0 Å². The number of piperazine rings is 1. The minimum absolute atomic E-state index is 0.0140. The number of piperidine rings is 1. The molecule has 4 aromatic heterocycles. The standard InChI is InChI=1S/C42H48F2N12O5/c1-50-37-28(4-2-6-32(37)56(42(50)60)33-11-12-35(57)48-41(33)59)5-3-14-51-16-18-52(19-17-51)25-27-7-9-29(10-8-27)55-26-31(36(49-55)38(43)44)46-40(58)30-24-45-54-15-13-34(47-39(30)54)53-20-22-61-23-21-53/h2,4,6,13,15,24,26-27,29,33,38H,7-12,14,16-23,25H2,1H3,(H,46,58)(H,48,57,59). The highest BCUT2D eigenvalue weighted by Crippen LogP contribution is 2.35. The van der Waals surface area contributed by atoms with Crippen LogP contribution in [0, 0.1) is 17.8 Å². The molecule has 1 saturated carbocycles. The number of halogens is 2. The molecule has 19 heteroatoms. The normalized spacial score (nSPS) is 21.8. The molecule has 1 aliphatic carbocycles. The number of nitrogens with one attached hydrogen (secondary N) is 2. The van der Waals surface area contributed by atoms with E-state index in [0.29, 0.717) is 66.8 Å². The number of imide groups is 1. The number of para-hydroxylation sites is 1. The van der Waals surface area contributed by atoms with E-state index in [1.807, 2.05) is 18.2 Å². The van der Waals surface area contributed by atoms with Crippen molar-refractivity contribution in [1.29, 1.82) is 0 Å². The molecule has 3 aliphatic heterocycles. The van der Waals surface area contributed by atoms with Crippen molar-refractivity contribution in [2.45, 2.75) is 57.0 Å². The van der Waals surface area contributed by atoms with Crippen molar-refractivity contribution in [2.24, 2.45) is 13.0 Å². The molecule has 4 fully saturated rings. The van der Waals surface area contributed by atoms with E-state index in [4.69, 9.17) is 4.74 Å². The molecule has 5 aromatic rings. The van der Waals surface area contributed by atoms with Crippen molar-refractivity contribution in [3.8, 4) is 11.8 Å². The molecule has 2 N–H and O–H groups in total. The van der Waals surface area contributed by atoms with Crippen LogP contribution in [0.3, 0.4) is 0 Å². The molecule has 9 rings (SSSR count). The summed E-state index contributed by atoms with van der Waals surface area (Å²) < 4.78 is 40.0. The molecule has 61 heavy (non-hydrogen) atoms. The SMILES string of the molecule is Cn1c(=O)n(C2CCC(=O)NC2=O)c2cccc(C#CCN3CCN(CC4CCC(n5cc(NC(=O)c6cnn7ccc(N8CCOCC8)nc67)c(C(F)F)n5)CC4)CC3)c21. The van der Waals surface area contributed by atoms with Gasteiger partial charge in [-0.1, -0.05) is 17.9 Å². The topological polar surface area (TPSA) is 169 Å². The Morgan fingerprint density at radius 3 is 2.52 bits per heavy atom. The Kier molecular flexibility index (Phi) is 11.4. The second-order valence-corrected chi connectivity index (χ2v) is 16.3. The fraction of sp³-hybridized carbons (Fsp3) is 0.500. The number of benzene rings is 1. The van der Waals surface area contributed by atoms with Crippen LogP contribution in [0.25, 0.3) is 16.7 Å². The Morgan fingerprint density at radius 2 is 1.77 bits per heavy atom. The minimum Gasteiger partial charge on any atom is -0.378 e. The summed E-state index contributed by atoms with van der Waals surface area (Å²) in [6.45, 7) is 7.63. The van der Waals surface area contributed by atoms with Crippen LogP contribution < -0.4 is 21.2 Å². The van der Waals surface area contributed by atoms with Crippen molar-refractivity contribution in [2.75, 3.05) is 75.8 Å². The number of hydrogen-bond acceptors (Lipinski definition) is 11. The maximum atomic E-state index is 14.3. The van der Waals surface area contributed by atoms with E-state index in [9.17, 15) is 28.0 Å². The third kappa shape index (κ3) is 8.27. The second kappa shape index (κ2) is 17.2. The Balaban J connectivity index is 0.768. The lowest BCUT2D eigenvalue weighted by atomic mass is 9.85. The summed E-state index contributed by atoms with van der Waals surface area (Å²) in [6.07, 6.45) is 5.73. The van der Waals surface area contributed by atoms with Gasteiger partial charge in [0, 0.05) is 71.7 Å². The van der Waals surface area contributed by atoms with E-state index in [0.717, 1.165) is 58.4 Å². The predicted octanol–water partition coefficient (Wildman–Crippen LogP) is 2.98. The first-order chi connectivity index (χ1) is 29.6. The van der Waals surface area contributed by atoms with Crippen LogP contribution in [-0.2, 0) is 21.4 Å². The van der Waals surface area contributed by atoms with Gasteiger partial charge in [-0.2, -0.15) is 10.2 Å². The van der Waals surface area contributed by atoms with Gasteiger partial charge in [0.1, 0.15) is 17.4 Å². The van der Waals surface area contributed by atoms with Crippen molar-refractivity contribution in [3.63, 3.8) is 0 Å². The predicted molar refractivity (Wildman–Crippen MR) is 221 cm³/mol. The molecule has 3 amide bonds. The number of aromatic nitrogens is 7. The molecular formula is C42H48F2N12O5. The number of ether oxygens (including phenoxy) is 1. The van der Waals surface area contributed by atoms with Gasteiger partial charge in [-0.25, -0.2) is 23.1 Å². The Labute approximate surface area is 349 Å². The average Bonchev–Trinajstić information content (AvgIpc) is 3.96. The summed E-state index contributed by atoms with van der Waals surface area (Å²) in [5.74, 6) is 6.36. The van der Waals surface area contributed by atoms with Gasteiger partial charge in [0.2, 0.25) is 11.8 Å². The second-order valence-electron chi connectivity index (χ2n) is 16.3. The number of aryl methyl sites for hydroxylation is 1. The fourth-order valence-corrected chi connectivity index (χ4v) is 9.13. The summed E-state index contributed by atoms with van der Waals surface area (Å²) in [5, 5.41) is 13.6. The van der Waals surface area contributed by atoms with Gasteiger partial charge < -0.3 is 19.9 Å². The number of amides is 3. The van der Waals surface area contributed by atoms with E-state index < -0.39 is 30.0 Å². The number of alkyl halides is 2. The van der Waals surface area contributed by atoms with Crippen molar-refractivity contribution < 1.29 is 27.9 Å². The summed E-state index contributed by atoms with van der Waals surface area (Å²) in [6, 6.07) is 6.54. The Morgan fingerprint density at radius 1 is 1.00 bits per heavy atom. The lowest BCUT2D eigenvalue weighted by Crippen LogP contribution is -2.48. The Hall–Kier alpha value is -5.97. The number of imidazole rings is 1. The number of hydrogen-bond donors (Lipinski definition) is 2. The summed E-state index contributed by atoms with van der Waals surface area (Å²) in [4.78, 5) is 62.6. The van der Waals surface area contributed by atoms with E-state index in [1.54, 1.807) is 24.0 Å². The first kappa shape index (κ1) is 40.4. The zero-order valence-electron chi connectivity index (χ0n) is 33.9. The number of rotatable bonds is 9. The molecular weight excluding hydrogens is 791 g/mol. The maximum absolute atomic E-state index is 14.3. The zero-order chi connectivity index (χ0) is 42.2. The molecule has 0 bridgehead atoms. The molecule has 320 valence electrons. The van der Waals surface area contributed by atoms with Gasteiger partial charge in [0.05, 0.1) is 54.3 Å². The number of anilines is 2. The van der Waals surface area contributed by atoms with Crippen molar-refractivity contribution in [3.05, 3.63) is 70.2 Å². The summed E-state index contributed by atoms with van der Waals surface area (Å²) >= 11 is 0. The smallest absolute Gasteiger partial charge is 0.329 e. The average molecular weight is 839 g/mol. The molecule has 1 aromatic carbocycles. The largest absolute Gasteiger partial charge is 0.378 e. The highest BCUT2D eigenvalue weighted by Gasteiger charge is 2.32. The lowest BCUT2D eigenvalue weighted by molar-refractivity contribution is -0.135. The molecule has 17 nitrogen and oxygen atoms in total. The molecule has 3 saturated heterocycles. The van der Waals surface area contributed by atoms with E-state index in [1.165, 1.54) is 26.0 Å². The van der Waals surface area contributed by atoms with Crippen LogP contribution in [0.5, 0.6) is 0 Å². The highest BCUT2D eigenvalue weighted by atomic mass is 19.3. The van der Waals surface area contributed by atoms with Gasteiger partial charge in [-0.05, 0) is 56.2 Å². The van der Waals surface area contributed by atoms with Gasteiger partial charge in [-0.15, -0.1) is 0 Å². The number of nitrogens with zero attached hydrogens (tertiary/aromatic N) is 10. The van der Waals surface area contributed by atoms with Gasteiger partial charge in [0.25, 0.3) is 12.3 Å². The van der Waals surface area contributed by atoms with Gasteiger partial charge >= 0.3 is 5.69 Å². The molecule has 1 unspecified atom stereocenters. The van der Waals surface area contributed by atoms with Gasteiger partial charge in [-0.3, -0.25) is 38.4 Å². The highest BCUT2D eigenvalue weighted by molar-refractivity contribution is 6.08. The van der Waals surface area contributed by atoms with Crippen molar-refractivity contribution >= 4 is 45.9 Å². The lowest BCUT2D eigenvalue weighted by Gasteiger charge is -2.37. The first-order valence-electron chi connectivity index (χ1n) is 20.9. The molecule has 4 aliphatic rings. The zero-order valence-corrected chi connectivity index (χ0v) is 33.9. The van der Waals surface area contributed by atoms with E-state index >= 15 is 0 Å². The van der Waals surface area contributed by atoms with Gasteiger partial charge in [0.15, 0.2) is 11.3 Å². The van der Waals surface area contributed by atoms with Crippen LogP contribution in [0.2, 0.25) is 0 Å². The van der Waals surface area contributed by atoms with Crippen molar-refractivity contribution in [1.82, 2.24) is 48.6 Å². The number of fused-ring (bicyclic) bond motifs is 2. The monoisotopic (exact) mass is 838 g/mol. The quantitative estimate of drug-likeness (QED) is 0.166. The summed E-state index contributed by atoms with van der Waals surface area (Å²) in [5.41, 5.74) is 1.71. The Bertz CT molecular complexity index is 2580. The number of morpholine rings is 1. The van der Waals surface area contributed by atoms with E-state index in [-0.39, 0.29) is 41.7 Å². The summed E-state index contributed by atoms with van der Waals surface area (Å²) in [7, 11) is 1.67. The molecule has 1 atom stereocenters. The molecule has 7 heterocycles. The molecule has 0 radical (unpaired) electrons. The first-order valence-corrected chi connectivity index (χ1v) is 20.9. The van der Waals surface area contributed by atoms with Crippen LogP contribution in [0.4, 0.5) is 20.3 Å². The third-order valence-electron chi connectivity index (χ3n) is 12.5. The molecule has 0 spiro atoms.